The van der Waals surface area contributed by atoms with E-state index in [1.54, 1.807) is 18.2 Å². The summed E-state index contributed by atoms with van der Waals surface area (Å²) in [6, 6.07) is 7.43. The van der Waals surface area contributed by atoms with Crippen LogP contribution in [0.15, 0.2) is 53.6 Å². The Morgan fingerprint density at radius 2 is 1.97 bits per heavy atom. The van der Waals surface area contributed by atoms with Crippen molar-refractivity contribution in [3.8, 4) is 17.0 Å². The molecule has 4 rings (SSSR count). The highest BCUT2D eigenvalue weighted by atomic mass is 35.5. The maximum absolute atomic E-state index is 13.3. The number of nitrogens with zero attached hydrogens (tertiary/aromatic N) is 3. The van der Waals surface area contributed by atoms with Gasteiger partial charge in [0.15, 0.2) is 4.47 Å². The van der Waals surface area contributed by atoms with Gasteiger partial charge in [-0.05, 0) is 29.8 Å². The lowest BCUT2D eigenvalue weighted by Gasteiger charge is -2.17. The summed E-state index contributed by atoms with van der Waals surface area (Å²) < 4.78 is 42.5. The molecule has 0 N–H and O–H groups in total. The molecule has 0 aliphatic carbocycles. The predicted molar refractivity (Wildman–Crippen MR) is 105 cm³/mol. The van der Waals surface area contributed by atoms with Crippen LogP contribution < -0.4 is 15.2 Å². The number of hydrogen-bond acceptors (Lipinski definition) is 4. The Bertz CT molecular complexity index is 1340. The van der Waals surface area contributed by atoms with Gasteiger partial charge < -0.3 is 5.11 Å². The van der Waals surface area contributed by atoms with Crippen LogP contribution in [-0.4, -0.2) is 9.38 Å². The molecule has 154 valence electrons. The smallest absolute Gasteiger partial charge is 0.416 e. The van der Waals surface area contributed by atoms with Crippen molar-refractivity contribution in [2.75, 3.05) is 0 Å². The van der Waals surface area contributed by atoms with E-state index in [4.69, 9.17) is 23.2 Å². The first-order chi connectivity index (χ1) is 14.1. The maximum Gasteiger partial charge on any atom is 0.416 e. The van der Waals surface area contributed by atoms with E-state index in [-0.39, 0.29) is 27.2 Å². The zero-order chi connectivity index (χ0) is 21.6. The normalized spacial score (nSPS) is 11.9. The summed E-state index contributed by atoms with van der Waals surface area (Å²) in [5.41, 5.74) is -2.15. The monoisotopic (exact) mass is 471 g/mol. The Morgan fingerprint density at radius 1 is 1.20 bits per heavy atom. The van der Waals surface area contributed by atoms with Gasteiger partial charge in [-0.2, -0.15) is 17.6 Å². The molecule has 0 atom stereocenters. The van der Waals surface area contributed by atoms with E-state index >= 15 is 0 Å². The molecule has 5 nitrogen and oxygen atoms in total. The van der Waals surface area contributed by atoms with Crippen LogP contribution in [0.2, 0.25) is 9.49 Å². The highest BCUT2D eigenvalue weighted by Crippen LogP contribution is 2.35. The minimum absolute atomic E-state index is 0.0384. The summed E-state index contributed by atoms with van der Waals surface area (Å²) in [5.74, 6) is -0.744. The third-order valence-electron chi connectivity index (χ3n) is 4.36. The molecule has 0 spiro atoms. The second-order valence-corrected chi connectivity index (χ2v) is 8.44. The highest BCUT2D eigenvalue weighted by molar-refractivity contribution is 7.15. The van der Waals surface area contributed by atoms with Crippen LogP contribution >= 0.6 is 34.5 Å². The van der Waals surface area contributed by atoms with E-state index < -0.39 is 28.7 Å². The number of thiazole rings is 1. The fourth-order valence-electron chi connectivity index (χ4n) is 3.09. The third kappa shape index (κ3) is 3.76. The summed E-state index contributed by atoms with van der Waals surface area (Å²) in [5, 5.41) is 13.0. The summed E-state index contributed by atoms with van der Waals surface area (Å²) in [4.78, 5) is 17.6. The van der Waals surface area contributed by atoms with E-state index in [1.807, 2.05) is 0 Å². The predicted octanol–water partition coefficient (Wildman–Crippen LogP) is 4.16. The fraction of sp³-hybridized carbons (Fsp3) is 0.105. The SMILES string of the molecule is O=c1c(-c2cc(Cl)cc(C(F)(F)F)c2)c([O-])[n+](Cc2cnc(Cl)s2)c2ccccn12. The second kappa shape index (κ2) is 7.57. The van der Waals surface area contributed by atoms with E-state index in [0.29, 0.717) is 4.88 Å². The molecule has 30 heavy (non-hydrogen) atoms. The first kappa shape index (κ1) is 20.6. The van der Waals surface area contributed by atoms with Gasteiger partial charge in [0, 0.05) is 17.3 Å². The average Bonchev–Trinajstić information content (AvgIpc) is 3.09. The summed E-state index contributed by atoms with van der Waals surface area (Å²) >= 11 is 12.9. The molecule has 3 aromatic heterocycles. The topological polar surface area (TPSA) is 61.3 Å². The number of rotatable bonds is 3. The largest absolute Gasteiger partial charge is 0.842 e. The van der Waals surface area contributed by atoms with Crippen LogP contribution in [0.25, 0.3) is 16.8 Å². The quantitative estimate of drug-likeness (QED) is 0.421. The van der Waals surface area contributed by atoms with Crippen molar-refractivity contribution in [2.45, 2.75) is 12.7 Å². The van der Waals surface area contributed by atoms with Gasteiger partial charge in [0.2, 0.25) is 0 Å². The van der Waals surface area contributed by atoms with Crippen LogP contribution in [0, 0.1) is 0 Å². The molecule has 0 amide bonds. The molecule has 1 aromatic carbocycles. The number of benzene rings is 1. The van der Waals surface area contributed by atoms with Crippen LogP contribution in [0.5, 0.6) is 5.88 Å². The summed E-state index contributed by atoms with van der Waals surface area (Å²) in [6.07, 6.45) is -1.76. The lowest BCUT2D eigenvalue weighted by atomic mass is 10.0. The van der Waals surface area contributed by atoms with Crippen molar-refractivity contribution in [3.05, 3.63) is 79.1 Å². The van der Waals surface area contributed by atoms with Crippen molar-refractivity contribution in [1.29, 1.82) is 0 Å². The second-order valence-electron chi connectivity index (χ2n) is 6.31. The first-order valence-corrected chi connectivity index (χ1v) is 9.95. The minimum Gasteiger partial charge on any atom is -0.842 e. The zero-order valence-corrected chi connectivity index (χ0v) is 17.1. The first-order valence-electron chi connectivity index (χ1n) is 8.38. The molecule has 0 aliphatic heterocycles. The average molecular weight is 472 g/mol. The van der Waals surface area contributed by atoms with Gasteiger partial charge in [0.25, 0.3) is 5.65 Å². The lowest BCUT2D eigenvalue weighted by molar-refractivity contribution is -0.707. The Balaban J connectivity index is 2.02. The molecule has 11 heteroatoms. The standard InChI is InChI=1S/C19H10Cl2F3N3O2S/c20-12-6-10(5-11(7-12)19(22,23)24)15-16(28)26-4-2-1-3-14(26)27(17(15)29)9-13-8-25-18(21)30-13/h1-8H,9H2. The number of halogens is 5. The van der Waals surface area contributed by atoms with Gasteiger partial charge in [0.05, 0.1) is 22.5 Å². The fourth-order valence-corrected chi connectivity index (χ4v) is 4.29. The molecule has 3 heterocycles. The van der Waals surface area contributed by atoms with Crippen molar-refractivity contribution < 1.29 is 22.8 Å². The summed E-state index contributed by atoms with van der Waals surface area (Å²) in [7, 11) is 0. The third-order valence-corrected chi connectivity index (χ3v) is 5.68. The number of pyridine rings is 1. The Labute approximate surface area is 181 Å². The van der Waals surface area contributed by atoms with Gasteiger partial charge in [0.1, 0.15) is 12.1 Å². The van der Waals surface area contributed by atoms with E-state index in [1.165, 1.54) is 21.4 Å². The molecule has 0 saturated heterocycles. The number of aromatic nitrogens is 3. The van der Waals surface area contributed by atoms with E-state index in [0.717, 1.165) is 29.5 Å². The number of fused-ring (bicyclic) bond motifs is 1. The molecular formula is C19H10Cl2F3N3O2S. The maximum atomic E-state index is 13.3. The molecule has 0 bridgehead atoms. The Morgan fingerprint density at radius 3 is 2.63 bits per heavy atom. The highest BCUT2D eigenvalue weighted by Gasteiger charge is 2.32. The molecule has 0 aliphatic rings. The van der Waals surface area contributed by atoms with Crippen LogP contribution in [0.3, 0.4) is 0 Å². The van der Waals surface area contributed by atoms with Gasteiger partial charge in [-0.1, -0.05) is 29.3 Å². The molecule has 4 aromatic rings. The van der Waals surface area contributed by atoms with Gasteiger partial charge in [-0.15, -0.1) is 11.3 Å². The number of hydrogen-bond donors (Lipinski definition) is 0. The van der Waals surface area contributed by atoms with Crippen molar-refractivity contribution in [2.24, 2.45) is 0 Å². The van der Waals surface area contributed by atoms with Crippen molar-refractivity contribution in [3.63, 3.8) is 0 Å². The van der Waals surface area contributed by atoms with Gasteiger partial charge in [-0.3, -0.25) is 0 Å². The van der Waals surface area contributed by atoms with E-state index in [2.05, 4.69) is 4.98 Å². The zero-order valence-electron chi connectivity index (χ0n) is 14.8. The van der Waals surface area contributed by atoms with Gasteiger partial charge >= 0.3 is 11.7 Å². The molecular weight excluding hydrogens is 462 g/mol. The van der Waals surface area contributed by atoms with Crippen LogP contribution in [0.1, 0.15) is 10.4 Å². The summed E-state index contributed by atoms with van der Waals surface area (Å²) in [6.45, 7) is 0.0384. The Hall–Kier alpha value is -2.62. The minimum atomic E-state index is -4.69. The Kier molecular flexibility index (Phi) is 5.21. The molecule has 0 fully saturated rings. The molecule has 0 saturated carbocycles. The van der Waals surface area contributed by atoms with Crippen molar-refractivity contribution >= 4 is 40.2 Å². The van der Waals surface area contributed by atoms with E-state index in [9.17, 15) is 23.1 Å². The lowest BCUT2D eigenvalue weighted by Crippen LogP contribution is -2.44. The van der Waals surface area contributed by atoms with Crippen LogP contribution in [-0.2, 0) is 12.7 Å². The molecule has 0 unspecified atom stereocenters. The number of alkyl halides is 3. The molecule has 0 radical (unpaired) electrons. The van der Waals surface area contributed by atoms with Gasteiger partial charge in [-0.25, -0.2) is 14.3 Å². The van der Waals surface area contributed by atoms with Crippen LogP contribution in [0.4, 0.5) is 13.2 Å². The van der Waals surface area contributed by atoms with Crippen molar-refractivity contribution in [1.82, 2.24) is 9.38 Å².